The van der Waals surface area contributed by atoms with Gasteiger partial charge in [0.1, 0.15) is 6.07 Å². The first kappa shape index (κ1) is 11.2. The quantitative estimate of drug-likeness (QED) is 0.677. The summed E-state index contributed by atoms with van der Waals surface area (Å²) >= 11 is 0. The molecule has 2 aliphatic rings. The first-order chi connectivity index (χ1) is 7.67. The number of allylic oxidation sites excluding steroid dienone is 2. The van der Waals surface area contributed by atoms with Gasteiger partial charge in [-0.3, -0.25) is 4.99 Å². The number of nitriles is 1. The van der Waals surface area contributed by atoms with Crippen molar-refractivity contribution >= 4 is 6.21 Å². The van der Waals surface area contributed by atoms with Crippen LogP contribution in [-0.2, 0) is 0 Å². The number of aliphatic imine (C=N–C) groups is 1. The molecule has 1 heterocycles. The highest BCUT2D eigenvalue weighted by atomic mass is 15.2. The third-order valence-corrected chi connectivity index (χ3v) is 3.90. The minimum Gasteiger partial charge on any atom is -0.344 e. The lowest BCUT2D eigenvalue weighted by molar-refractivity contribution is 0.189. The zero-order valence-corrected chi connectivity index (χ0v) is 10.1. The lowest BCUT2D eigenvalue weighted by Crippen LogP contribution is -2.39. The molecule has 3 nitrogen and oxygen atoms in total. The van der Waals surface area contributed by atoms with Crippen molar-refractivity contribution < 1.29 is 0 Å². The Bertz CT molecular complexity index is 356. The SMILES string of the molecule is CN1C(C2(C)CCCCC2)=CC=NC1C#N. The van der Waals surface area contributed by atoms with Gasteiger partial charge in [-0.15, -0.1) is 0 Å². The summed E-state index contributed by atoms with van der Waals surface area (Å²) < 4.78 is 0. The van der Waals surface area contributed by atoms with Crippen molar-refractivity contribution in [3.05, 3.63) is 11.8 Å². The second-order valence-electron chi connectivity index (χ2n) is 5.09. The summed E-state index contributed by atoms with van der Waals surface area (Å²) in [5.74, 6) is 0. The molecule has 1 atom stereocenters. The number of hydrogen-bond donors (Lipinski definition) is 0. The Kier molecular flexibility index (Phi) is 3.00. The Morgan fingerprint density at radius 2 is 2.12 bits per heavy atom. The van der Waals surface area contributed by atoms with E-state index in [1.54, 1.807) is 6.21 Å². The Labute approximate surface area is 97.5 Å². The van der Waals surface area contributed by atoms with E-state index in [4.69, 9.17) is 5.26 Å². The predicted molar refractivity (Wildman–Crippen MR) is 64.9 cm³/mol. The van der Waals surface area contributed by atoms with E-state index in [1.807, 2.05) is 11.9 Å². The number of rotatable bonds is 1. The minimum atomic E-state index is -0.334. The van der Waals surface area contributed by atoms with Crippen LogP contribution in [0.3, 0.4) is 0 Å². The monoisotopic (exact) mass is 217 g/mol. The molecule has 16 heavy (non-hydrogen) atoms. The summed E-state index contributed by atoms with van der Waals surface area (Å²) in [4.78, 5) is 6.20. The van der Waals surface area contributed by atoms with Gasteiger partial charge in [0.15, 0.2) is 0 Å². The predicted octanol–water partition coefficient (Wildman–Crippen LogP) is 2.71. The van der Waals surface area contributed by atoms with E-state index in [1.165, 1.54) is 37.8 Å². The summed E-state index contributed by atoms with van der Waals surface area (Å²) in [5.41, 5.74) is 1.53. The third kappa shape index (κ3) is 1.84. The van der Waals surface area contributed by atoms with Crippen molar-refractivity contribution in [1.82, 2.24) is 4.90 Å². The topological polar surface area (TPSA) is 39.4 Å². The lowest BCUT2D eigenvalue weighted by atomic mass is 9.72. The lowest BCUT2D eigenvalue weighted by Gasteiger charge is -2.42. The van der Waals surface area contributed by atoms with Crippen LogP contribution in [0.1, 0.15) is 39.0 Å². The van der Waals surface area contributed by atoms with Crippen molar-refractivity contribution in [2.24, 2.45) is 10.4 Å². The molecule has 0 spiro atoms. The molecule has 1 fully saturated rings. The molecular formula is C13H19N3. The highest BCUT2D eigenvalue weighted by molar-refractivity contribution is 5.74. The van der Waals surface area contributed by atoms with Gasteiger partial charge in [0.2, 0.25) is 6.17 Å². The van der Waals surface area contributed by atoms with Gasteiger partial charge in [0.25, 0.3) is 0 Å². The fraction of sp³-hybridized carbons (Fsp3) is 0.692. The maximum absolute atomic E-state index is 9.03. The molecule has 0 bridgehead atoms. The number of hydrogen-bond acceptors (Lipinski definition) is 3. The summed E-state index contributed by atoms with van der Waals surface area (Å²) in [5, 5.41) is 9.03. The molecule has 1 saturated carbocycles. The number of nitrogens with zero attached hydrogens (tertiary/aromatic N) is 3. The first-order valence-electron chi connectivity index (χ1n) is 6.04. The van der Waals surface area contributed by atoms with Crippen LogP contribution in [0, 0.1) is 16.7 Å². The van der Waals surface area contributed by atoms with Crippen LogP contribution in [0.15, 0.2) is 16.8 Å². The molecule has 1 unspecified atom stereocenters. The van der Waals surface area contributed by atoms with Crippen molar-refractivity contribution in [3.8, 4) is 6.07 Å². The van der Waals surface area contributed by atoms with Gasteiger partial charge in [-0.1, -0.05) is 26.2 Å². The maximum atomic E-state index is 9.03. The highest BCUT2D eigenvalue weighted by Crippen LogP contribution is 2.43. The van der Waals surface area contributed by atoms with Gasteiger partial charge in [0, 0.05) is 24.4 Å². The van der Waals surface area contributed by atoms with Crippen LogP contribution < -0.4 is 0 Å². The zero-order valence-electron chi connectivity index (χ0n) is 10.1. The van der Waals surface area contributed by atoms with E-state index < -0.39 is 0 Å². The van der Waals surface area contributed by atoms with E-state index in [2.05, 4.69) is 24.1 Å². The van der Waals surface area contributed by atoms with E-state index in [0.717, 1.165) is 0 Å². The molecule has 0 amide bonds. The smallest absolute Gasteiger partial charge is 0.209 e. The first-order valence-corrected chi connectivity index (χ1v) is 6.04. The van der Waals surface area contributed by atoms with Crippen LogP contribution in [0.5, 0.6) is 0 Å². The van der Waals surface area contributed by atoms with Crippen LogP contribution in [0.2, 0.25) is 0 Å². The Morgan fingerprint density at radius 1 is 1.44 bits per heavy atom. The third-order valence-electron chi connectivity index (χ3n) is 3.90. The summed E-state index contributed by atoms with van der Waals surface area (Å²) in [6, 6.07) is 2.23. The van der Waals surface area contributed by atoms with Crippen molar-refractivity contribution in [3.63, 3.8) is 0 Å². The van der Waals surface area contributed by atoms with Crippen LogP contribution >= 0.6 is 0 Å². The Hall–Kier alpha value is -1.30. The highest BCUT2D eigenvalue weighted by Gasteiger charge is 2.35. The van der Waals surface area contributed by atoms with Crippen LogP contribution in [0.25, 0.3) is 0 Å². The van der Waals surface area contributed by atoms with Crippen molar-refractivity contribution in [1.29, 1.82) is 5.26 Å². The minimum absolute atomic E-state index is 0.245. The van der Waals surface area contributed by atoms with E-state index in [9.17, 15) is 0 Å². The summed E-state index contributed by atoms with van der Waals surface area (Å²) in [7, 11) is 1.98. The second kappa shape index (κ2) is 4.29. The van der Waals surface area contributed by atoms with Gasteiger partial charge in [-0.2, -0.15) is 5.26 Å². The average molecular weight is 217 g/mol. The molecule has 0 aromatic heterocycles. The maximum Gasteiger partial charge on any atom is 0.209 e. The molecule has 3 heteroatoms. The van der Waals surface area contributed by atoms with Gasteiger partial charge >= 0.3 is 0 Å². The fourth-order valence-corrected chi connectivity index (χ4v) is 2.88. The summed E-state index contributed by atoms with van der Waals surface area (Å²) in [6.45, 7) is 2.32. The molecule has 0 N–H and O–H groups in total. The van der Waals surface area contributed by atoms with E-state index >= 15 is 0 Å². The molecule has 1 aliphatic carbocycles. The molecule has 0 aromatic carbocycles. The zero-order chi connectivity index (χ0) is 11.6. The molecular weight excluding hydrogens is 198 g/mol. The van der Waals surface area contributed by atoms with E-state index in [0.29, 0.717) is 0 Å². The largest absolute Gasteiger partial charge is 0.344 e. The summed E-state index contributed by atoms with van der Waals surface area (Å²) in [6.07, 6.45) is 9.96. The van der Waals surface area contributed by atoms with Gasteiger partial charge < -0.3 is 4.90 Å². The second-order valence-corrected chi connectivity index (χ2v) is 5.09. The van der Waals surface area contributed by atoms with Gasteiger partial charge in [-0.25, -0.2) is 0 Å². The van der Waals surface area contributed by atoms with Crippen molar-refractivity contribution in [2.75, 3.05) is 7.05 Å². The van der Waals surface area contributed by atoms with E-state index in [-0.39, 0.29) is 11.6 Å². The normalized spacial score (nSPS) is 28.4. The Balaban J connectivity index is 2.23. The average Bonchev–Trinajstić information content (AvgIpc) is 2.30. The molecule has 0 aromatic rings. The molecule has 1 aliphatic heterocycles. The molecule has 0 saturated heterocycles. The standard InChI is InChI=1S/C13H19N3/c1-13(7-4-3-5-8-13)11-6-9-15-12(10-14)16(11)2/h6,9,12H,3-5,7-8H2,1-2H3. The Morgan fingerprint density at radius 3 is 2.75 bits per heavy atom. The molecule has 2 rings (SSSR count). The van der Waals surface area contributed by atoms with Gasteiger partial charge in [-0.05, 0) is 18.9 Å². The molecule has 86 valence electrons. The van der Waals surface area contributed by atoms with Gasteiger partial charge in [0.05, 0.1) is 0 Å². The van der Waals surface area contributed by atoms with Crippen molar-refractivity contribution in [2.45, 2.75) is 45.2 Å². The van der Waals surface area contributed by atoms with Crippen LogP contribution in [0.4, 0.5) is 0 Å². The molecule has 0 radical (unpaired) electrons. The van der Waals surface area contributed by atoms with Crippen LogP contribution in [-0.4, -0.2) is 24.3 Å². The fourth-order valence-electron chi connectivity index (χ4n) is 2.88.